The number of carbonyl (C=O) groups excluding carboxylic acids is 1. The zero-order valence-electron chi connectivity index (χ0n) is 12.9. The normalized spacial score (nSPS) is 17.2. The van der Waals surface area contributed by atoms with Crippen molar-refractivity contribution in [2.45, 2.75) is 37.2 Å². The Morgan fingerprint density at radius 3 is 2.45 bits per heavy atom. The molecule has 0 aliphatic carbocycles. The van der Waals surface area contributed by atoms with Crippen molar-refractivity contribution in [1.82, 2.24) is 0 Å². The lowest BCUT2D eigenvalue weighted by molar-refractivity contribution is -0.665. The molecular formula is C15H23N2O4S+. The van der Waals surface area contributed by atoms with E-state index in [1.165, 1.54) is 18.2 Å². The Bertz CT molecular complexity index is 649. The van der Waals surface area contributed by atoms with E-state index in [9.17, 15) is 13.2 Å². The lowest BCUT2D eigenvalue weighted by Crippen LogP contribution is -2.86. The van der Waals surface area contributed by atoms with Crippen molar-refractivity contribution in [2.75, 3.05) is 13.1 Å². The molecule has 1 saturated heterocycles. The molecule has 1 aliphatic rings. The van der Waals surface area contributed by atoms with Crippen LogP contribution < -0.4 is 10.5 Å². The van der Waals surface area contributed by atoms with Crippen LogP contribution in [0.25, 0.3) is 0 Å². The van der Waals surface area contributed by atoms with Crippen LogP contribution in [0.5, 0.6) is 0 Å². The highest BCUT2D eigenvalue weighted by molar-refractivity contribution is 7.89. The Hall–Kier alpha value is -1.44. The molecule has 2 rings (SSSR count). The number of hydrogen-bond acceptors (Lipinski definition) is 4. The van der Waals surface area contributed by atoms with E-state index in [0.29, 0.717) is 0 Å². The number of rotatable bonds is 4. The first-order chi connectivity index (χ1) is 10.2. The number of benzene rings is 1. The molecule has 22 heavy (non-hydrogen) atoms. The van der Waals surface area contributed by atoms with Gasteiger partial charge < -0.3 is 10.1 Å². The van der Waals surface area contributed by atoms with Gasteiger partial charge in [0.1, 0.15) is 5.60 Å². The molecule has 0 radical (unpaired) electrons. The smallest absolute Gasteiger partial charge is 0.340 e. The molecule has 4 N–H and O–H groups in total. The van der Waals surface area contributed by atoms with Crippen molar-refractivity contribution in [1.29, 1.82) is 0 Å². The summed E-state index contributed by atoms with van der Waals surface area (Å²) in [7, 11) is -3.96. The highest BCUT2D eigenvalue weighted by Crippen LogP contribution is 2.29. The summed E-state index contributed by atoms with van der Waals surface area (Å²) in [4.78, 5) is 12.2. The maximum Gasteiger partial charge on any atom is 0.340 e. The van der Waals surface area contributed by atoms with Crippen LogP contribution >= 0.6 is 0 Å². The number of quaternary nitrogens is 1. The van der Waals surface area contributed by atoms with E-state index >= 15 is 0 Å². The van der Waals surface area contributed by atoms with Gasteiger partial charge in [0.25, 0.3) is 0 Å². The van der Waals surface area contributed by atoms with Crippen molar-refractivity contribution in [2.24, 2.45) is 11.1 Å². The van der Waals surface area contributed by atoms with Crippen molar-refractivity contribution < 1.29 is 23.3 Å². The zero-order chi connectivity index (χ0) is 16.4. The summed E-state index contributed by atoms with van der Waals surface area (Å²) < 4.78 is 28.8. The molecule has 1 aromatic carbocycles. The predicted molar refractivity (Wildman–Crippen MR) is 81.7 cm³/mol. The van der Waals surface area contributed by atoms with Gasteiger partial charge >= 0.3 is 5.97 Å². The molecule has 0 atom stereocenters. The minimum atomic E-state index is -3.96. The molecule has 1 aliphatic heterocycles. The summed E-state index contributed by atoms with van der Waals surface area (Å²) in [5.74, 6) is -0.382. The predicted octanol–water partition coefficient (Wildman–Crippen LogP) is 0.243. The van der Waals surface area contributed by atoms with Crippen LogP contribution in [0, 0.1) is 5.92 Å². The molecule has 6 nitrogen and oxygen atoms in total. The Morgan fingerprint density at radius 1 is 1.27 bits per heavy atom. The highest BCUT2D eigenvalue weighted by Gasteiger charge is 2.36. The number of piperidine rings is 1. The molecule has 122 valence electrons. The number of primary sulfonamides is 1. The van der Waals surface area contributed by atoms with Gasteiger partial charge in [-0.2, -0.15) is 0 Å². The second-order valence-electron chi connectivity index (χ2n) is 6.17. The van der Waals surface area contributed by atoms with Crippen LogP contribution in [0.15, 0.2) is 29.2 Å². The van der Waals surface area contributed by atoms with E-state index in [2.05, 4.69) is 5.32 Å². The summed E-state index contributed by atoms with van der Waals surface area (Å²) in [6, 6.07) is 5.85. The molecule has 0 aromatic heterocycles. The number of nitrogens with two attached hydrogens (primary N) is 2. The van der Waals surface area contributed by atoms with Crippen LogP contribution in [0.1, 0.15) is 37.0 Å². The molecule has 1 aromatic rings. The van der Waals surface area contributed by atoms with Crippen LogP contribution in [-0.2, 0) is 14.8 Å². The largest absolute Gasteiger partial charge is 0.456 e. The minimum absolute atomic E-state index is 0.0135. The van der Waals surface area contributed by atoms with E-state index in [0.717, 1.165) is 25.9 Å². The van der Waals surface area contributed by atoms with E-state index in [1.807, 2.05) is 13.8 Å². The summed E-state index contributed by atoms with van der Waals surface area (Å²) in [5, 5.41) is 7.40. The molecule has 0 amide bonds. The van der Waals surface area contributed by atoms with Crippen molar-refractivity contribution in [3.05, 3.63) is 29.8 Å². The fourth-order valence-corrected chi connectivity index (χ4v) is 3.61. The quantitative estimate of drug-likeness (QED) is 0.773. The van der Waals surface area contributed by atoms with E-state index in [-0.39, 0.29) is 16.4 Å². The summed E-state index contributed by atoms with van der Waals surface area (Å²) in [6.45, 7) is 5.78. The molecule has 1 fully saturated rings. The Balaban J connectivity index is 2.22. The molecule has 0 saturated carbocycles. The number of hydrogen-bond donors (Lipinski definition) is 2. The van der Waals surface area contributed by atoms with Crippen molar-refractivity contribution >= 4 is 16.0 Å². The van der Waals surface area contributed by atoms with Crippen LogP contribution in [-0.4, -0.2) is 33.1 Å². The van der Waals surface area contributed by atoms with Gasteiger partial charge in [-0.05, 0) is 26.0 Å². The van der Waals surface area contributed by atoms with Gasteiger partial charge in [0.2, 0.25) is 10.0 Å². The van der Waals surface area contributed by atoms with Crippen LogP contribution in [0.3, 0.4) is 0 Å². The second kappa shape index (κ2) is 6.36. The maximum atomic E-state index is 12.4. The summed E-state index contributed by atoms with van der Waals surface area (Å²) in [6.07, 6.45) is 1.94. The van der Waals surface area contributed by atoms with Crippen molar-refractivity contribution in [3.63, 3.8) is 0 Å². The van der Waals surface area contributed by atoms with Crippen LogP contribution in [0.2, 0.25) is 0 Å². The fraction of sp³-hybridized carbons (Fsp3) is 0.533. The molecule has 1 heterocycles. The SMILES string of the molecule is CC(C)(OC(=O)c1ccccc1S(N)(=O)=O)C1CC[NH2+]CC1. The Labute approximate surface area is 131 Å². The third-order valence-electron chi connectivity index (χ3n) is 4.19. The third-order valence-corrected chi connectivity index (χ3v) is 5.16. The van der Waals surface area contributed by atoms with Gasteiger partial charge in [-0.1, -0.05) is 12.1 Å². The Kier molecular flexibility index (Phi) is 4.89. The van der Waals surface area contributed by atoms with Gasteiger partial charge in [0.15, 0.2) is 0 Å². The van der Waals surface area contributed by atoms with E-state index in [4.69, 9.17) is 9.88 Å². The van der Waals surface area contributed by atoms with Gasteiger partial charge in [0, 0.05) is 18.8 Å². The lowest BCUT2D eigenvalue weighted by Gasteiger charge is -2.35. The number of esters is 1. The van der Waals surface area contributed by atoms with Gasteiger partial charge in [-0.3, -0.25) is 0 Å². The van der Waals surface area contributed by atoms with Crippen molar-refractivity contribution in [3.8, 4) is 0 Å². The molecule has 0 bridgehead atoms. The minimum Gasteiger partial charge on any atom is -0.456 e. The monoisotopic (exact) mass is 327 g/mol. The standard InChI is InChI=1S/C15H22N2O4S/c1-15(2,11-7-9-17-10-8-11)21-14(18)12-5-3-4-6-13(12)22(16,19)20/h3-6,11,17H,7-10H2,1-2H3,(H2,16,19,20)/p+1. The summed E-state index contributed by atoms with van der Waals surface area (Å²) in [5.41, 5.74) is -0.656. The highest BCUT2D eigenvalue weighted by atomic mass is 32.2. The third kappa shape index (κ3) is 3.85. The molecular weight excluding hydrogens is 304 g/mol. The van der Waals surface area contributed by atoms with Crippen LogP contribution in [0.4, 0.5) is 0 Å². The second-order valence-corrected chi connectivity index (χ2v) is 7.70. The summed E-state index contributed by atoms with van der Waals surface area (Å²) >= 11 is 0. The van der Waals surface area contributed by atoms with E-state index in [1.54, 1.807) is 6.07 Å². The lowest BCUT2D eigenvalue weighted by atomic mass is 9.83. The Morgan fingerprint density at radius 2 is 1.86 bits per heavy atom. The van der Waals surface area contributed by atoms with Gasteiger partial charge in [-0.15, -0.1) is 0 Å². The maximum absolute atomic E-state index is 12.4. The number of sulfonamides is 1. The van der Waals surface area contributed by atoms with Gasteiger partial charge in [-0.25, -0.2) is 18.4 Å². The first-order valence-electron chi connectivity index (χ1n) is 7.38. The average Bonchev–Trinajstić information content (AvgIpc) is 2.47. The number of carbonyl (C=O) groups is 1. The van der Waals surface area contributed by atoms with E-state index < -0.39 is 21.6 Å². The zero-order valence-corrected chi connectivity index (χ0v) is 13.7. The molecule has 7 heteroatoms. The topological polar surface area (TPSA) is 103 Å². The fourth-order valence-electron chi connectivity index (χ4n) is 2.88. The average molecular weight is 327 g/mol. The molecule has 0 unspecified atom stereocenters. The van der Waals surface area contributed by atoms with Gasteiger partial charge in [0.05, 0.1) is 23.5 Å². The molecule has 0 spiro atoms. The first-order valence-corrected chi connectivity index (χ1v) is 8.93. The number of ether oxygens (including phenoxy) is 1. The first kappa shape index (κ1) is 16.9.